The number of carbonyl (C=O) groups is 1. The lowest BCUT2D eigenvalue weighted by Crippen LogP contribution is -2.61. The Balaban J connectivity index is 2.30. The van der Waals surface area contributed by atoms with Crippen molar-refractivity contribution in [1.29, 1.82) is 0 Å². The molecule has 0 aromatic heterocycles. The van der Waals surface area contributed by atoms with E-state index in [1.54, 1.807) is 6.08 Å². The summed E-state index contributed by atoms with van der Waals surface area (Å²) in [6.45, 7) is 2.94. The van der Waals surface area contributed by atoms with Crippen LogP contribution in [0.25, 0.3) is 0 Å². The van der Waals surface area contributed by atoms with E-state index in [1.165, 1.54) is 89.5 Å². The molecule has 0 spiro atoms. The lowest BCUT2D eigenvalue weighted by Gasteiger charge is -2.41. The average Bonchev–Trinajstić information content (AvgIpc) is 3.16. The van der Waals surface area contributed by atoms with Gasteiger partial charge in [-0.25, -0.2) is 4.18 Å². The maximum atomic E-state index is 12.9. The molecule has 1 amide bonds. The largest absolute Gasteiger partial charge is 0.397 e. The molecule has 56 heavy (non-hydrogen) atoms. The predicted molar refractivity (Wildman–Crippen MR) is 219 cm³/mol. The van der Waals surface area contributed by atoms with Gasteiger partial charge in [0, 0.05) is 0 Å². The van der Waals surface area contributed by atoms with Gasteiger partial charge >= 0.3 is 10.4 Å². The van der Waals surface area contributed by atoms with E-state index >= 15 is 0 Å². The molecule has 0 saturated carbocycles. The van der Waals surface area contributed by atoms with E-state index in [2.05, 4.69) is 40.7 Å². The van der Waals surface area contributed by atoms with E-state index in [0.29, 0.717) is 12.8 Å². The Hall–Kier alpha value is -1.72. The number of aliphatic hydroxyl groups excluding tert-OH is 5. The minimum Gasteiger partial charge on any atom is -0.394 e. The van der Waals surface area contributed by atoms with Gasteiger partial charge in [0.25, 0.3) is 0 Å². The Bertz CT molecular complexity index is 1170. The van der Waals surface area contributed by atoms with Gasteiger partial charge in [0.1, 0.15) is 30.5 Å². The number of nitrogens with one attached hydrogen (secondary N) is 1. The number of hydrogen-bond donors (Lipinski definition) is 7. The standard InChI is InChI=1S/C42H77NO12S/c1-3-5-7-8-9-10-11-12-13-14-15-16-17-18-19-20-21-22-23-24-25-26-27-29-31-36(46)41(49)43-34(35(45)30-28-6-4-2)33-53-42-39(48)40(55-56(50,51)52)38(47)37(32-44)54-42/h15-16,18-19,28,30,34-40,42,44-48H,3-14,17,20-27,29,31-33H2,1-2H3,(H,43,49)(H,50,51,52)/b16-15-,19-18-,30-28+. The van der Waals surface area contributed by atoms with Crippen LogP contribution in [0.4, 0.5) is 0 Å². The van der Waals surface area contributed by atoms with Crippen molar-refractivity contribution in [2.24, 2.45) is 0 Å². The first-order valence-corrected chi connectivity index (χ1v) is 22.8. The van der Waals surface area contributed by atoms with Crippen LogP contribution in [-0.2, 0) is 28.9 Å². The van der Waals surface area contributed by atoms with E-state index < -0.39 is 78.5 Å². The summed E-state index contributed by atoms with van der Waals surface area (Å²) in [5.74, 6) is -0.720. The van der Waals surface area contributed by atoms with Crippen LogP contribution in [0.5, 0.6) is 0 Å². The number of unbranched alkanes of at least 4 members (excludes halogenated alkanes) is 18. The zero-order chi connectivity index (χ0) is 41.4. The van der Waals surface area contributed by atoms with Gasteiger partial charge in [-0.05, 0) is 44.9 Å². The van der Waals surface area contributed by atoms with Crippen molar-refractivity contribution < 1.29 is 57.0 Å². The maximum absolute atomic E-state index is 12.9. The molecule has 328 valence electrons. The van der Waals surface area contributed by atoms with Gasteiger partial charge in [0.05, 0.1) is 25.4 Å². The Morgan fingerprint density at radius 1 is 0.732 bits per heavy atom. The van der Waals surface area contributed by atoms with Crippen LogP contribution >= 0.6 is 0 Å². The molecule has 0 radical (unpaired) electrons. The SMILES string of the molecule is CCC/C=C/C(O)C(COC1OC(CO)C(O)C(OS(=O)(=O)O)C1O)NC(=O)C(O)CCCCCCCCCC/C=C\C/C=C\CCCCCCCCCCC. The molecule has 1 heterocycles. The number of amides is 1. The maximum Gasteiger partial charge on any atom is 0.397 e. The molecule has 8 atom stereocenters. The summed E-state index contributed by atoms with van der Waals surface area (Å²) < 4.78 is 46.9. The van der Waals surface area contributed by atoms with Gasteiger partial charge in [-0.2, -0.15) is 8.42 Å². The van der Waals surface area contributed by atoms with Crippen LogP contribution in [0.2, 0.25) is 0 Å². The fourth-order valence-electron chi connectivity index (χ4n) is 6.56. The van der Waals surface area contributed by atoms with Crippen LogP contribution in [0.15, 0.2) is 36.5 Å². The topological polar surface area (TPSA) is 212 Å². The summed E-state index contributed by atoms with van der Waals surface area (Å²) in [6.07, 6.45) is 26.6. The highest BCUT2D eigenvalue weighted by molar-refractivity contribution is 7.80. The van der Waals surface area contributed by atoms with Crippen LogP contribution in [0.1, 0.15) is 162 Å². The van der Waals surface area contributed by atoms with Crippen LogP contribution in [0.3, 0.4) is 0 Å². The van der Waals surface area contributed by atoms with E-state index in [4.69, 9.17) is 14.0 Å². The minimum atomic E-state index is -5.11. The second kappa shape index (κ2) is 33.1. The molecule has 0 aromatic rings. The van der Waals surface area contributed by atoms with Gasteiger partial charge in [-0.3, -0.25) is 9.35 Å². The van der Waals surface area contributed by atoms with Gasteiger partial charge < -0.3 is 40.3 Å². The lowest BCUT2D eigenvalue weighted by molar-refractivity contribution is -0.298. The predicted octanol–water partition coefficient (Wildman–Crippen LogP) is 6.52. The van der Waals surface area contributed by atoms with Crippen molar-refractivity contribution >= 4 is 16.3 Å². The summed E-state index contributed by atoms with van der Waals surface area (Å²) in [7, 11) is -5.11. The Kier molecular flexibility index (Phi) is 31.0. The van der Waals surface area contributed by atoms with E-state index in [9.17, 15) is 38.7 Å². The Morgan fingerprint density at radius 3 is 1.79 bits per heavy atom. The second-order valence-corrected chi connectivity index (χ2v) is 16.1. The summed E-state index contributed by atoms with van der Waals surface area (Å²) in [5.41, 5.74) is 0. The van der Waals surface area contributed by atoms with Crippen LogP contribution in [-0.4, -0.2) is 107 Å². The van der Waals surface area contributed by atoms with Gasteiger partial charge in [0.15, 0.2) is 6.29 Å². The summed E-state index contributed by atoms with van der Waals surface area (Å²) >= 11 is 0. The molecule has 7 N–H and O–H groups in total. The molecular formula is C42H77NO12S. The Morgan fingerprint density at radius 2 is 1.27 bits per heavy atom. The van der Waals surface area contributed by atoms with E-state index in [0.717, 1.165) is 44.9 Å². The number of rotatable bonds is 35. The summed E-state index contributed by atoms with van der Waals surface area (Å²) in [6, 6.07) is -1.12. The molecule has 14 heteroatoms. The quantitative estimate of drug-likeness (QED) is 0.0207. The number of aliphatic hydroxyl groups is 5. The van der Waals surface area contributed by atoms with Gasteiger partial charge in [0.2, 0.25) is 5.91 Å². The van der Waals surface area contributed by atoms with Crippen molar-refractivity contribution in [2.75, 3.05) is 13.2 Å². The summed E-state index contributed by atoms with van der Waals surface area (Å²) in [4.78, 5) is 12.9. The van der Waals surface area contributed by atoms with Crippen LogP contribution in [0, 0.1) is 0 Å². The molecule has 0 aliphatic carbocycles. The highest BCUT2D eigenvalue weighted by atomic mass is 32.3. The molecule has 0 aromatic carbocycles. The second-order valence-electron chi connectivity index (χ2n) is 15.1. The van der Waals surface area contributed by atoms with Crippen molar-refractivity contribution in [3.63, 3.8) is 0 Å². The van der Waals surface area contributed by atoms with Crippen LogP contribution < -0.4 is 5.32 Å². The normalized spacial score (nSPS) is 22.3. The first kappa shape index (κ1) is 52.3. The average molecular weight is 820 g/mol. The number of hydrogen-bond acceptors (Lipinski definition) is 11. The van der Waals surface area contributed by atoms with Gasteiger partial charge in [-0.15, -0.1) is 0 Å². The molecule has 1 aliphatic rings. The van der Waals surface area contributed by atoms with Crippen molar-refractivity contribution in [3.8, 4) is 0 Å². The van der Waals surface area contributed by atoms with Crippen molar-refractivity contribution in [1.82, 2.24) is 5.32 Å². The van der Waals surface area contributed by atoms with Gasteiger partial charge in [-0.1, -0.05) is 153 Å². The smallest absolute Gasteiger partial charge is 0.394 e. The van der Waals surface area contributed by atoms with Crippen molar-refractivity contribution in [2.45, 2.75) is 210 Å². The van der Waals surface area contributed by atoms with E-state index in [1.807, 2.05) is 6.92 Å². The highest BCUT2D eigenvalue weighted by Gasteiger charge is 2.48. The van der Waals surface area contributed by atoms with E-state index in [-0.39, 0.29) is 6.42 Å². The third kappa shape index (κ3) is 25.6. The minimum absolute atomic E-state index is 0.233. The van der Waals surface area contributed by atoms with Crippen molar-refractivity contribution in [3.05, 3.63) is 36.5 Å². The molecule has 13 nitrogen and oxygen atoms in total. The molecule has 1 saturated heterocycles. The molecular weight excluding hydrogens is 743 g/mol. The molecule has 8 unspecified atom stereocenters. The Labute approximate surface area is 337 Å². The highest BCUT2D eigenvalue weighted by Crippen LogP contribution is 2.26. The molecule has 1 rings (SSSR count). The first-order chi connectivity index (χ1) is 26.9. The molecule has 1 fully saturated rings. The monoisotopic (exact) mass is 820 g/mol. The third-order valence-electron chi connectivity index (χ3n) is 10.0. The fraction of sp³-hybridized carbons (Fsp3) is 0.833. The lowest BCUT2D eigenvalue weighted by atomic mass is 9.99. The summed E-state index contributed by atoms with van der Waals surface area (Å²) in [5, 5.41) is 54.3. The molecule has 0 bridgehead atoms. The number of ether oxygens (including phenoxy) is 2. The third-order valence-corrected chi connectivity index (χ3v) is 10.5. The first-order valence-electron chi connectivity index (χ1n) is 21.5. The zero-order valence-corrected chi connectivity index (χ0v) is 35.1. The number of carbonyl (C=O) groups excluding carboxylic acids is 1. The zero-order valence-electron chi connectivity index (χ0n) is 34.3. The molecule has 1 aliphatic heterocycles. The fourth-order valence-corrected chi connectivity index (χ4v) is 7.06. The number of allylic oxidation sites excluding steroid dienone is 5.